The smallest absolute Gasteiger partial charge is 0.313 e. The number of hydrogen-bond acceptors (Lipinski definition) is 4. The molecule has 0 aromatic heterocycles. The third-order valence-electron chi connectivity index (χ3n) is 8.70. The molecule has 1 amide bonds. The molecule has 2 saturated carbocycles. The Kier molecular flexibility index (Phi) is 6.90. The van der Waals surface area contributed by atoms with Crippen molar-refractivity contribution in [2.75, 3.05) is 33.3 Å². The van der Waals surface area contributed by atoms with Crippen LogP contribution in [0.15, 0.2) is 54.6 Å². The molecule has 2 aromatic rings. The Bertz CT molecular complexity index is 1080. The number of rotatable bonds is 9. The Morgan fingerprint density at radius 3 is 2.28 bits per heavy atom. The molecule has 2 atom stereocenters. The minimum absolute atomic E-state index is 0.0776. The number of benzene rings is 2. The van der Waals surface area contributed by atoms with Gasteiger partial charge in [0.2, 0.25) is 5.91 Å². The Morgan fingerprint density at radius 1 is 1.03 bits per heavy atom. The maximum Gasteiger partial charge on any atom is 0.313 e. The molecule has 192 valence electrons. The second-order valence-corrected chi connectivity index (χ2v) is 11.3. The SMILES string of the molecule is COC(=O)C1(CN2CCC(Cc3ccc(F)cc3)(CN(C(C)=O)[C@@H]3CC3c3ccccc3)CC2)CC1. The van der Waals surface area contributed by atoms with Gasteiger partial charge in [-0.3, -0.25) is 9.59 Å². The normalized spacial score (nSPS) is 24.1. The third kappa shape index (κ3) is 5.34. The maximum atomic E-state index is 13.6. The molecule has 3 aliphatic rings. The van der Waals surface area contributed by atoms with Gasteiger partial charge in [0.1, 0.15) is 5.82 Å². The standard InChI is InChI=1S/C30H37FN2O3/c1-22(34)33(27-18-26(27)24-6-4-3-5-7-24)20-29(19-23-8-10-25(31)11-9-23)14-16-32(17-15-29)21-30(12-13-30)28(35)36-2/h3-11,26-27H,12-21H2,1-2H3/t26?,27-/m1/s1. The monoisotopic (exact) mass is 492 g/mol. The van der Waals surface area contributed by atoms with Crippen molar-refractivity contribution < 1.29 is 18.7 Å². The van der Waals surface area contributed by atoms with Crippen LogP contribution in [-0.4, -0.2) is 61.0 Å². The Balaban J connectivity index is 1.32. The predicted molar refractivity (Wildman–Crippen MR) is 137 cm³/mol. The van der Waals surface area contributed by atoms with Gasteiger partial charge in [0.25, 0.3) is 0 Å². The van der Waals surface area contributed by atoms with Gasteiger partial charge in [0, 0.05) is 32.0 Å². The van der Waals surface area contributed by atoms with Crippen LogP contribution in [0.2, 0.25) is 0 Å². The molecule has 6 heteroatoms. The minimum Gasteiger partial charge on any atom is -0.469 e. The van der Waals surface area contributed by atoms with Crippen molar-refractivity contribution in [3.8, 4) is 0 Å². The van der Waals surface area contributed by atoms with E-state index in [2.05, 4.69) is 34.1 Å². The zero-order valence-corrected chi connectivity index (χ0v) is 21.4. The average molecular weight is 493 g/mol. The quantitative estimate of drug-likeness (QED) is 0.472. The molecule has 1 saturated heterocycles. The van der Waals surface area contributed by atoms with Crippen LogP contribution < -0.4 is 0 Å². The van der Waals surface area contributed by atoms with Crippen molar-refractivity contribution in [2.24, 2.45) is 10.8 Å². The van der Waals surface area contributed by atoms with Gasteiger partial charge in [-0.25, -0.2) is 4.39 Å². The number of hydrogen-bond donors (Lipinski definition) is 0. The molecule has 1 heterocycles. The highest BCUT2D eigenvalue weighted by atomic mass is 19.1. The van der Waals surface area contributed by atoms with Crippen LogP contribution in [-0.2, 0) is 20.7 Å². The first-order valence-electron chi connectivity index (χ1n) is 13.2. The first kappa shape index (κ1) is 24.9. The van der Waals surface area contributed by atoms with Crippen LogP contribution in [0.3, 0.4) is 0 Å². The fraction of sp³-hybridized carbons (Fsp3) is 0.533. The molecule has 2 aliphatic carbocycles. The van der Waals surface area contributed by atoms with Crippen molar-refractivity contribution in [2.45, 2.75) is 57.4 Å². The molecule has 3 fully saturated rings. The molecular formula is C30H37FN2O3. The van der Waals surface area contributed by atoms with Gasteiger partial charge in [-0.1, -0.05) is 42.5 Å². The number of ether oxygens (including phenoxy) is 1. The van der Waals surface area contributed by atoms with Crippen molar-refractivity contribution in [3.63, 3.8) is 0 Å². The van der Waals surface area contributed by atoms with Gasteiger partial charge in [0.15, 0.2) is 0 Å². The Hall–Kier alpha value is -2.73. The summed E-state index contributed by atoms with van der Waals surface area (Å²) in [6.07, 6.45) is 5.50. The Labute approximate surface area is 213 Å². The number of nitrogens with zero attached hydrogens (tertiary/aromatic N) is 2. The summed E-state index contributed by atoms with van der Waals surface area (Å²) in [6, 6.07) is 17.5. The molecule has 5 nitrogen and oxygen atoms in total. The molecule has 0 N–H and O–H groups in total. The number of methoxy groups -OCH3 is 1. The first-order chi connectivity index (χ1) is 17.3. The summed E-state index contributed by atoms with van der Waals surface area (Å²) in [5.41, 5.74) is 2.01. The fourth-order valence-corrected chi connectivity index (χ4v) is 6.24. The number of piperidine rings is 1. The van der Waals surface area contributed by atoms with Crippen LogP contribution in [0, 0.1) is 16.6 Å². The van der Waals surface area contributed by atoms with E-state index in [4.69, 9.17) is 4.74 Å². The number of carbonyl (C=O) groups excluding carboxylic acids is 2. The molecule has 2 aromatic carbocycles. The van der Waals surface area contributed by atoms with E-state index < -0.39 is 0 Å². The van der Waals surface area contributed by atoms with Crippen LogP contribution in [0.25, 0.3) is 0 Å². The Morgan fingerprint density at radius 2 is 1.69 bits per heavy atom. The van der Waals surface area contributed by atoms with Crippen molar-refractivity contribution in [1.29, 1.82) is 0 Å². The van der Waals surface area contributed by atoms with Gasteiger partial charge < -0.3 is 14.5 Å². The summed E-state index contributed by atoms with van der Waals surface area (Å²) in [5, 5.41) is 0. The van der Waals surface area contributed by atoms with E-state index in [1.165, 1.54) is 24.8 Å². The first-order valence-corrected chi connectivity index (χ1v) is 13.2. The van der Waals surface area contributed by atoms with E-state index in [-0.39, 0.29) is 34.6 Å². The number of halogens is 1. The highest BCUT2D eigenvalue weighted by Gasteiger charge is 2.53. The minimum atomic E-state index is -0.325. The molecular weight excluding hydrogens is 455 g/mol. The fourth-order valence-electron chi connectivity index (χ4n) is 6.24. The van der Waals surface area contributed by atoms with Gasteiger partial charge in [-0.2, -0.15) is 0 Å². The van der Waals surface area contributed by atoms with Crippen LogP contribution in [0.4, 0.5) is 4.39 Å². The summed E-state index contributed by atoms with van der Waals surface area (Å²) in [6.45, 7) is 4.93. The van der Waals surface area contributed by atoms with Crippen LogP contribution in [0.5, 0.6) is 0 Å². The summed E-state index contributed by atoms with van der Waals surface area (Å²) in [7, 11) is 1.48. The largest absolute Gasteiger partial charge is 0.469 e. The van der Waals surface area contributed by atoms with Crippen LogP contribution >= 0.6 is 0 Å². The molecule has 0 spiro atoms. The zero-order chi connectivity index (χ0) is 25.3. The van der Waals surface area contributed by atoms with Gasteiger partial charge in [0.05, 0.1) is 12.5 Å². The van der Waals surface area contributed by atoms with Crippen molar-refractivity contribution in [3.05, 3.63) is 71.5 Å². The van der Waals surface area contributed by atoms with E-state index >= 15 is 0 Å². The highest BCUT2D eigenvalue weighted by molar-refractivity contribution is 5.80. The summed E-state index contributed by atoms with van der Waals surface area (Å²) in [5.74, 6) is 0.207. The lowest BCUT2D eigenvalue weighted by atomic mass is 9.73. The second kappa shape index (κ2) is 9.97. The van der Waals surface area contributed by atoms with E-state index in [0.29, 0.717) is 12.5 Å². The molecule has 1 aliphatic heterocycles. The average Bonchev–Trinajstić information content (AvgIpc) is 3.82. The highest BCUT2D eigenvalue weighted by Crippen LogP contribution is 2.49. The lowest BCUT2D eigenvalue weighted by Crippen LogP contribution is -2.50. The number of amides is 1. The van der Waals surface area contributed by atoms with Gasteiger partial charge in [-0.15, -0.1) is 0 Å². The lowest BCUT2D eigenvalue weighted by molar-refractivity contribution is -0.148. The molecule has 5 rings (SSSR count). The van der Waals surface area contributed by atoms with Crippen molar-refractivity contribution >= 4 is 11.9 Å². The molecule has 0 radical (unpaired) electrons. The van der Waals surface area contributed by atoms with Crippen LogP contribution in [0.1, 0.15) is 56.1 Å². The number of likely N-dealkylation sites (tertiary alicyclic amines) is 1. The molecule has 1 unspecified atom stereocenters. The second-order valence-electron chi connectivity index (χ2n) is 11.3. The van der Waals surface area contributed by atoms with Gasteiger partial charge in [-0.05, 0) is 80.3 Å². The summed E-state index contributed by atoms with van der Waals surface area (Å²) >= 11 is 0. The van der Waals surface area contributed by atoms with Crippen molar-refractivity contribution in [1.82, 2.24) is 9.80 Å². The molecule has 0 bridgehead atoms. The predicted octanol–water partition coefficient (Wildman–Crippen LogP) is 4.81. The topological polar surface area (TPSA) is 49.9 Å². The van der Waals surface area contributed by atoms with Gasteiger partial charge >= 0.3 is 5.97 Å². The third-order valence-corrected chi connectivity index (χ3v) is 8.70. The van der Waals surface area contributed by atoms with E-state index in [9.17, 15) is 14.0 Å². The van der Waals surface area contributed by atoms with E-state index in [1.807, 2.05) is 18.2 Å². The number of esters is 1. The zero-order valence-electron chi connectivity index (χ0n) is 21.4. The number of carbonyl (C=O) groups is 2. The summed E-state index contributed by atoms with van der Waals surface area (Å²) in [4.78, 5) is 29.7. The van der Waals surface area contributed by atoms with E-state index in [0.717, 1.165) is 63.7 Å². The lowest BCUT2D eigenvalue weighted by Gasteiger charge is -2.45. The maximum absolute atomic E-state index is 13.6. The molecule has 36 heavy (non-hydrogen) atoms. The van der Waals surface area contributed by atoms with E-state index in [1.54, 1.807) is 6.92 Å². The summed E-state index contributed by atoms with van der Waals surface area (Å²) < 4.78 is 18.7.